The first kappa shape index (κ1) is 20.7. The molecule has 6 heteroatoms. The van der Waals surface area contributed by atoms with Gasteiger partial charge in [-0.1, -0.05) is 48.5 Å². The molecular formula is C27H22N2O4. The summed E-state index contributed by atoms with van der Waals surface area (Å²) in [5.41, 5.74) is 4.63. The Balaban J connectivity index is 1.64. The standard InChI is InChI=1S/C27H22N2O4/c1-3-32-26(30)20-15-21(27(31)33-4-2)19-14-12-17(11-13-18(19)20)25-28-22-9-5-7-16-8-6-10-23(29-25)24(16)22/h5-15H,3-4H2,1-2H3,(H,28,29). The second-order valence-electron chi connectivity index (χ2n) is 7.63. The maximum atomic E-state index is 12.6. The summed E-state index contributed by atoms with van der Waals surface area (Å²) < 4.78 is 10.4. The number of esters is 2. The molecule has 0 unspecified atom stereocenters. The molecule has 0 saturated heterocycles. The molecule has 3 aliphatic rings. The molecule has 2 aromatic rings. The largest absolute Gasteiger partial charge is 0.462 e. The van der Waals surface area contributed by atoms with Crippen molar-refractivity contribution in [3.05, 3.63) is 83.4 Å². The highest BCUT2D eigenvalue weighted by Gasteiger charge is 2.25. The first-order chi connectivity index (χ1) is 16.1. The highest BCUT2D eigenvalue weighted by molar-refractivity contribution is 6.19. The lowest BCUT2D eigenvalue weighted by Gasteiger charge is -2.18. The summed E-state index contributed by atoms with van der Waals surface area (Å²) in [5, 5.41) is 5.62. The smallest absolute Gasteiger partial charge is 0.338 e. The first-order valence-corrected chi connectivity index (χ1v) is 10.9. The van der Waals surface area contributed by atoms with E-state index in [0.29, 0.717) is 28.1 Å². The average Bonchev–Trinajstić information content (AvgIpc) is 3.04. The van der Waals surface area contributed by atoms with Crippen molar-refractivity contribution in [1.82, 2.24) is 0 Å². The number of ether oxygens (including phenoxy) is 2. The Labute approximate surface area is 191 Å². The van der Waals surface area contributed by atoms with E-state index >= 15 is 0 Å². The Morgan fingerprint density at radius 3 is 2.03 bits per heavy atom. The molecular weight excluding hydrogens is 416 g/mol. The normalized spacial score (nSPS) is 12.2. The Morgan fingerprint density at radius 2 is 1.42 bits per heavy atom. The molecule has 2 aliphatic carbocycles. The van der Waals surface area contributed by atoms with Crippen LogP contribution >= 0.6 is 0 Å². The fraction of sp³-hybridized carbons (Fsp3) is 0.148. The van der Waals surface area contributed by atoms with Gasteiger partial charge in [-0.25, -0.2) is 14.6 Å². The monoisotopic (exact) mass is 438 g/mol. The van der Waals surface area contributed by atoms with Gasteiger partial charge in [0.2, 0.25) is 0 Å². The Hall–Kier alpha value is -4.19. The number of amidine groups is 1. The van der Waals surface area contributed by atoms with Crippen LogP contribution < -0.4 is 5.32 Å². The van der Waals surface area contributed by atoms with E-state index in [1.807, 2.05) is 48.5 Å². The number of nitrogens with zero attached hydrogens (tertiary/aromatic N) is 1. The minimum absolute atomic E-state index is 0.246. The topological polar surface area (TPSA) is 77.0 Å². The molecule has 33 heavy (non-hydrogen) atoms. The van der Waals surface area contributed by atoms with Crippen LogP contribution in [0, 0.1) is 0 Å². The van der Waals surface area contributed by atoms with Crippen LogP contribution in [-0.4, -0.2) is 31.0 Å². The van der Waals surface area contributed by atoms with Crippen LogP contribution in [0.1, 0.15) is 40.1 Å². The lowest BCUT2D eigenvalue weighted by atomic mass is 10.0. The predicted molar refractivity (Wildman–Crippen MR) is 129 cm³/mol. The van der Waals surface area contributed by atoms with E-state index in [1.54, 1.807) is 19.9 Å². The number of carbonyl (C=O) groups is 2. The Morgan fingerprint density at radius 1 is 0.818 bits per heavy atom. The molecule has 5 rings (SSSR count). The maximum absolute atomic E-state index is 12.6. The first-order valence-electron chi connectivity index (χ1n) is 10.9. The van der Waals surface area contributed by atoms with Gasteiger partial charge in [-0.2, -0.15) is 0 Å². The Kier molecular flexibility index (Phi) is 5.26. The van der Waals surface area contributed by atoms with Crippen molar-refractivity contribution < 1.29 is 19.1 Å². The second kappa shape index (κ2) is 8.39. The molecule has 1 heterocycles. The summed E-state index contributed by atoms with van der Waals surface area (Å²) in [6.45, 7) is 3.99. The number of nitrogens with one attached hydrogen (secondary N) is 1. The van der Waals surface area contributed by atoms with Crippen molar-refractivity contribution >= 4 is 39.9 Å². The number of hydrogen-bond donors (Lipinski definition) is 1. The molecule has 0 saturated carbocycles. The third kappa shape index (κ3) is 3.59. The number of anilines is 1. The maximum Gasteiger partial charge on any atom is 0.338 e. The van der Waals surface area contributed by atoms with Gasteiger partial charge < -0.3 is 14.8 Å². The van der Waals surface area contributed by atoms with Gasteiger partial charge in [-0.3, -0.25) is 0 Å². The van der Waals surface area contributed by atoms with E-state index in [1.165, 1.54) is 0 Å². The van der Waals surface area contributed by atoms with Crippen LogP contribution in [-0.2, 0) is 9.47 Å². The molecule has 6 nitrogen and oxygen atoms in total. The fourth-order valence-corrected chi connectivity index (χ4v) is 4.20. The minimum atomic E-state index is -0.473. The summed E-state index contributed by atoms with van der Waals surface area (Å²) in [6.07, 6.45) is 0. The molecule has 164 valence electrons. The average molecular weight is 438 g/mol. The van der Waals surface area contributed by atoms with Gasteiger partial charge in [0, 0.05) is 16.6 Å². The van der Waals surface area contributed by atoms with Crippen molar-refractivity contribution in [3.8, 4) is 11.1 Å². The number of carbonyl (C=O) groups excluding carboxylic acids is 2. The molecule has 0 atom stereocenters. The van der Waals surface area contributed by atoms with E-state index in [4.69, 9.17) is 14.5 Å². The van der Waals surface area contributed by atoms with Gasteiger partial charge in [0.25, 0.3) is 0 Å². The van der Waals surface area contributed by atoms with Crippen molar-refractivity contribution in [1.29, 1.82) is 0 Å². The number of benzene rings is 2. The molecule has 1 aliphatic heterocycles. The molecule has 2 aromatic carbocycles. The van der Waals surface area contributed by atoms with Crippen LogP contribution in [0.3, 0.4) is 0 Å². The molecule has 0 radical (unpaired) electrons. The van der Waals surface area contributed by atoms with Gasteiger partial charge in [-0.05, 0) is 48.6 Å². The summed E-state index contributed by atoms with van der Waals surface area (Å²) in [6, 6.07) is 21.1. The van der Waals surface area contributed by atoms with E-state index in [-0.39, 0.29) is 13.2 Å². The molecule has 0 fully saturated rings. The third-order valence-electron chi connectivity index (χ3n) is 5.65. The summed E-state index contributed by atoms with van der Waals surface area (Å²) >= 11 is 0. The molecule has 0 aromatic heterocycles. The van der Waals surface area contributed by atoms with Crippen LogP contribution in [0.15, 0.2) is 71.7 Å². The van der Waals surface area contributed by atoms with E-state index in [0.717, 1.165) is 27.7 Å². The zero-order valence-electron chi connectivity index (χ0n) is 18.3. The van der Waals surface area contributed by atoms with Gasteiger partial charge >= 0.3 is 11.9 Å². The molecule has 0 amide bonds. The lowest BCUT2D eigenvalue weighted by molar-refractivity contribution is 0.0525. The van der Waals surface area contributed by atoms with Gasteiger partial charge in [0.15, 0.2) is 0 Å². The predicted octanol–water partition coefficient (Wildman–Crippen LogP) is 5.80. The van der Waals surface area contributed by atoms with E-state index in [9.17, 15) is 9.59 Å². The minimum Gasteiger partial charge on any atom is -0.462 e. The summed E-state index contributed by atoms with van der Waals surface area (Å²) in [7, 11) is 0. The lowest BCUT2D eigenvalue weighted by Crippen LogP contribution is -2.15. The number of rotatable bonds is 5. The zero-order valence-corrected chi connectivity index (χ0v) is 18.3. The van der Waals surface area contributed by atoms with Crippen LogP contribution in [0.5, 0.6) is 0 Å². The van der Waals surface area contributed by atoms with Crippen molar-refractivity contribution in [2.24, 2.45) is 4.99 Å². The summed E-state index contributed by atoms with van der Waals surface area (Å²) in [4.78, 5) is 30.0. The highest BCUT2D eigenvalue weighted by atomic mass is 16.5. The van der Waals surface area contributed by atoms with Gasteiger partial charge in [0.1, 0.15) is 5.84 Å². The number of hydrogen-bond acceptors (Lipinski definition) is 6. The van der Waals surface area contributed by atoms with Crippen molar-refractivity contribution in [2.75, 3.05) is 18.5 Å². The second-order valence-corrected chi connectivity index (χ2v) is 7.63. The zero-order chi connectivity index (χ0) is 22.9. The molecule has 1 N–H and O–H groups in total. The van der Waals surface area contributed by atoms with E-state index < -0.39 is 11.9 Å². The molecule has 0 bridgehead atoms. The van der Waals surface area contributed by atoms with Crippen LogP contribution in [0.25, 0.3) is 21.9 Å². The summed E-state index contributed by atoms with van der Waals surface area (Å²) in [5.74, 6) is -0.256. The quantitative estimate of drug-likeness (QED) is 0.399. The Bertz CT molecular complexity index is 1350. The number of fused-ring (bicyclic) bond motifs is 1. The van der Waals surface area contributed by atoms with Gasteiger partial charge in [-0.15, -0.1) is 0 Å². The van der Waals surface area contributed by atoms with E-state index in [2.05, 4.69) is 17.4 Å². The van der Waals surface area contributed by atoms with Crippen molar-refractivity contribution in [2.45, 2.75) is 13.8 Å². The number of aliphatic imine (C=N–C) groups is 1. The van der Waals surface area contributed by atoms with Crippen molar-refractivity contribution in [3.63, 3.8) is 0 Å². The third-order valence-corrected chi connectivity index (χ3v) is 5.65. The SMILES string of the molecule is CCOC(=O)c1cc(C(=O)OCC)c2ccc(C3=Nc4cccc5cccc(c45)N3)ccc1-2. The van der Waals surface area contributed by atoms with Crippen LogP contribution in [0.4, 0.5) is 11.4 Å². The fourth-order valence-electron chi connectivity index (χ4n) is 4.20. The van der Waals surface area contributed by atoms with Gasteiger partial charge in [0.05, 0.1) is 30.0 Å². The molecule has 0 spiro atoms. The highest BCUT2D eigenvalue weighted by Crippen LogP contribution is 2.37. The van der Waals surface area contributed by atoms with Crippen LogP contribution in [0.2, 0.25) is 0 Å².